The number of carbonyl (C=O) groups is 2. The van der Waals surface area contributed by atoms with Gasteiger partial charge >= 0.3 is 0 Å². The molecule has 5 aliphatic rings. The van der Waals surface area contributed by atoms with Crippen molar-refractivity contribution in [2.75, 3.05) is 26.4 Å². The van der Waals surface area contributed by atoms with Crippen LogP contribution in [0.1, 0.15) is 63.0 Å². The molecule has 1 aliphatic carbocycles. The molecule has 0 aromatic carbocycles. The van der Waals surface area contributed by atoms with Gasteiger partial charge in [0.1, 0.15) is 12.1 Å². The molecule has 2 amide bonds. The Morgan fingerprint density at radius 2 is 2.00 bits per heavy atom. The topological polar surface area (TPSA) is 90.0 Å². The zero-order valence-corrected chi connectivity index (χ0v) is 17.9. The first-order chi connectivity index (χ1) is 15.1. The fourth-order valence-electron chi connectivity index (χ4n) is 5.47. The molecule has 2 saturated heterocycles. The minimum Gasteiger partial charge on any atom is -0.478 e. The van der Waals surface area contributed by atoms with Crippen molar-refractivity contribution in [3.63, 3.8) is 0 Å². The maximum atomic E-state index is 13.2. The molecular formula is C23H31N3O5. The summed E-state index contributed by atoms with van der Waals surface area (Å²) in [6.07, 6.45) is 5.88. The van der Waals surface area contributed by atoms with Crippen molar-refractivity contribution in [2.45, 2.75) is 75.2 Å². The van der Waals surface area contributed by atoms with Gasteiger partial charge in [0.25, 0.3) is 0 Å². The van der Waals surface area contributed by atoms with Crippen LogP contribution in [0.4, 0.5) is 0 Å². The lowest BCUT2D eigenvalue weighted by Gasteiger charge is -2.52. The molecule has 1 aromatic rings. The number of aromatic nitrogens is 1. The van der Waals surface area contributed by atoms with E-state index in [2.05, 4.69) is 11.4 Å². The SMILES string of the molecule is O=C1COC[C@@]2(CCCN3C(=O)CCCOc4cccc(n4)C4CCC(CC4)OC32)N1. The maximum absolute atomic E-state index is 13.2. The fourth-order valence-corrected chi connectivity index (χ4v) is 5.47. The fraction of sp³-hybridized carbons (Fsp3) is 0.696. The van der Waals surface area contributed by atoms with Crippen molar-refractivity contribution in [3.8, 4) is 5.88 Å². The molecule has 1 unspecified atom stereocenters. The van der Waals surface area contributed by atoms with Gasteiger partial charge in [0.05, 0.1) is 19.3 Å². The van der Waals surface area contributed by atoms with E-state index >= 15 is 0 Å². The van der Waals surface area contributed by atoms with Gasteiger partial charge in [0.15, 0.2) is 6.23 Å². The smallest absolute Gasteiger partial charge is 0.246 e. The van der Waals surface area contributed by atoms with Crippen molar-refractivity contribution >= 4 is 11.8 Å². The molecule has 2 atom stereocenters. The van der Waals surface area contributed by atoms with Crippen LogP contribution in [0.2, 0.25) is 0 Å². The minimum atomic E-state index is -0.668. The normalized spacial score (nSPS) is 34.3. The molecule has 5 heterocycles. The summed E-state index contributed by atoms with van der Waals surface area (Å²) in [4.78, 5) is 32.0. The first kappa shape index (κ1) is 20.7. The summed E-state index contributed by atoms with van der Waals surface area (Å²) in [5.41, 5.74) is 0.407. The predicted octanol–water partition coefficient (Wildman–Crippen LogP) is 2.13. The largest absolute Gasteiger partial charge is 0.478 e. The molecule has 1 spiro atoms. The van der Waals surface area contributed by atoms with Crippen LogP contribution >= 0.6 is 0 Å². The van der Waals surface area contributed by atoms with E-state index in [1.165, 1.54) is 0 Å². The van der Waals surface area contributed by atoms with E-state index in [0.29, 0.717) is 44.4 Å². The van der Waals surface area contributed by atoms with Crippen LogP contribution in [-0.4, -0.2) is 65.9 Å². The van der Waals surface area contributed by atoms with E-state index < -0.39 is 11.8 Å². The molecule has 3 fully saturated rings. The lowest BCUT2D eigenvalue weighted by atomic mass is 9.83. The van der Waals surface area contributed by atoms with Crippen LogP contribution in [0.25, 0.3) is 0 Å². The van der Waals surface area contributed by atoms with Gasteiger partial charge in [0.2, 0.25) is 17.7 Å². The Hall–Kier alpha value is -2.19. The van der Waals surface area contributed by atoms with Gasteiger partial charge in [-0.2, -0.15) is 0 Å². The highest BCUT2D eigenvalue weighted by molar-refractivity contribution is 5.80. The molecule has 31 heavy (non-hydrogen) atoms. The van der Waals surface area contributed by atoms with E-state index in [0.717, 1.165) is 44.2 Å². The van der Waals surface area contributed by atoms with Gasteiger partial charge in [-0.3, -0.25) is 9.59 Å². The minimum absolute atomic E-state index is 0.0396. The molecule has 0 radical (unpaired) electrons. The highest BCUT2D eigenvalue weighted by Gasteiger charge is 2.51. The number of piperidine rings is 1. The van der Waals surface area contributed by atoms with Crippen LogP contribution in [0.15, 0.2) is 18.2 Å². The third-order valence-electron chi connectivity index (χ3n) is 7.02. The van der Waals surface area contributed by atoms with Gasteiger partial charge in [-0.05, 0) is 51.0 Å². The standard InChI is InChI=1S/C23H31N3O5/c27-19-14-29-15-23(25-19)11-3-12-26-21(28)6-2-13-30-20-5-1-4-18(24-20)16-7-9-17(10-8-16)31-22(23)26/h1,4-5,16-17,22H,2-3,6-15H2,(H,25,27)/t16?,17?,22?,23-/m1/s1. The molecule has 1 saturated carbocycles. The number of rotatable bonds is 0. The van der Waals surface area contributed by atoms with Crippen LogP contribution < -0.4 is 10.1 Å². The van der Waals surface area contributed by atoms with Crippen LogP contribution in [0, 0.1) is 0 Å². The summed E-state index contributed by atoms with van der Waals surface area (Å²) in [7, 11) is 0. The lowest BCUT2D eigenvalue weighted by molar-refractivity contribution is -0.200. The number of pyridine rings is 1. The van der Waals surface area contributed by atoms with E-state index in [-0.39, 0.29) is 24.5 Å². The molecule has 6 rings (SSSR count). The summed E-state index contributed by atoms with van der Waals surface area (Å²) in [6.45, 7) is 1.53. The van der Waals surface area contributed by atoms with Gasteiger partial charge in [-0.25, -0.2) is 4.98 Å². The second kappa shape index (κ2) is 8.74. The van der Waals surface area contributed by atoms with Gasteiger partial charge in [-0.15, -0.1) is 0 Å². The summed E-state index contributed by atoms with van der Waals surface area (Å²) < 4.78 is 18.1. The number of nitrogens with zero attached hydrogens (tertiary/aromatic N) is 2. The summed E-state index contributed by atoms with van der Waals surface area (Å²) in [5.74, 6) is 0.930. The molecule has 1 N–H and O–H groups in total. The Morgan fingerprint density at radius 3 is 2.84 bits per heavy atom. The molecule has 1 aromatic heterocycles. The first-order valence-electron chi connectivity index (χ1n) is 11.6. The van der Waals surface area contributed by atoms with Gasteiger partial charge in [0, 0.05) is 30.6 Å². The summed E-state index contributed by atoms with van der Waals surface area (Å²) in [5, 5.41) is 3.14. The van der Waals surface area contributed by atoms with Crippen LogP contribution in [-0.2, 0) is 19.1 Å². The Kier molecular flexibility index (Phi) is 5.84. The highest BCUT2D eigenvalue weighted by atomic mass is 16.5. The Bertz CT molecular complexity index is 821. The third-order valence-corrected chi connectivity index (χ3v) is 7.02. The number of fused-ring (bicyclic) bond motifs is 6. The third kappa shape index (κ3) is 4.28. The zero-order valence-electron chi connectivity index (χ0n) is 17.9. The average Bonchev–Trinajstić information content (AvgIpc) is 2.78. The first-order valence-corrected chi connectivity index (χ1v) is 11.6. The molecule has 168 valence electrons. The number of hydrogen-bond acceptors (Lipinski definition) is 6. The van der Waals surface area contributed by atoms with Crippen molar-refractivity contribution in [2.24, 2.45) is 0 Å². The number of carbonyl (C=O) groups excluding carboxylic acids is 2. The van der Waals surface area contributed by atoms with Gasteiger partial charge < -0.3 is 24.4 Å². The van der Waals surface area contributed by atoms with E-state index in [9.17, 15) is 9.59 Å². The molecule has 4 bridgehead atoms. The number of morpholine rings is 1. The van der Waals surface area contributed by atoms with Crippen molar-refractivity contribution in [3.05, 3.63) is 23.9 Å². The van der Waals surface area contributed by atoms with E-state index in [1.807, 2.05) is 17.0 Å². The Balaban J connectivity index is 1.42. The second-order valence-electron chi connectivity index (χ2n) is 9.20. The number of amides is 2. The number of ether oxygens (including phenoxy) is 3. The second-order valence-corrected chi connectivity index (χ2v) is 9.20. The van der Waals surface area contributed by atoms with Crippen molar-refractivity contribution < 1.29 is 23.8 Å². The Labute approximate surface area is 182 Å². The van der Waals surface area contributed by atoms with Crippen molar-refractivity contribution in [1.82, 2.24) is 15.2 Å². The predicted molar refractivity (Wildman–Crippen MR) is 111 cm³/mol. The summed E-state index contributed by atoms with van der Waals surface area (Å²) >= 11 is 0. The summed E-state index contributed by atoms with van der Waals surface area (Å²) in [6, 6.07) is 5.96. The molecule has 4 aliphatic heterocycles. The van der Waals surface area contributed by atoms with E-state index in [4.69, 9.17) is 19.2 Å². The quantitative estimate of drug-likeness (QED) is 0.680. The van der Waals surface area contributed by atoms with Crippen molar-refractivity contribution in [1.29, 1.82) is 0 Å². The van der Waals surface area contributed by atoms with E-state index in [1.54, 1.807) is 0 Å². The molecule has 8 heteroatoms. The monoisotopic (exact) mass is 429 g/mol. The van der Waals surface area contributed by atoms with Gasteiger partial charge in [-0.1, -0.05) is 6.07 Å². The number of nitrogens with one attached hydrogen (secondary N) is 1. The zero-order chi connectivity index (χ0) is 21.3. The molecular weight excluding hydrogens is 398 g/mol. The average molecular weight is 430 g/mol. The number of hydrogen-bond donors (Lipinski definition) is 1. The molecule has 8 nitrogen and oxygen atoms in total. The highest BCUT2D eigenvalue weighted by Crippen LogP contribution is 2.38. The lowest BCUT2D eigenvalue weighted by Crippen LogP contribution is -2.71. The Morgan fingerprint density at radius 1 is 1.13 bits per heavy atom. The van der Waals surface area contributed by atoms with Crippen LogP contribution in [0.3, 0.4) is 0 Å². The van der Waals surface area contributed by atoms with Crippen LogP contribution in [0.5, 0.6) is 5.88 Å². The maximum Gasteiger partial charge on any atom is 0.246 e.